The normalized spacial score (nSPS) is 18.6. The number of hydrogen-bond acceptors (Lipinski definition) is 2. The van der Waals surface area contributed by atoms with E-state index in [4.69, 9.17) is 4.74 Å². The zero-order chi connectivity index (χ0) is 8.36. The molecule has 0 fully saturated rings. The average molecular weight is 146 g/mol. The maximum absolute atomic E-state index is 9.24. The average Bonchev–Trinajstić information content (AvgIpc) is 1.83. The fourth-order valence-electron chi connectivity index (χ4n) is 0.632. The van der Waals surface area contributed by atoms with Gasteiger partial charge in [-0.3, -0.25) is 0 Å². The first-order valence-electron chi connectivity index (χ1n) is 3.60. The number of rotatable bonds is 2. The Morgan fingerprint density at radius 2 is 1.70 bits per heavy atom. The monoisotopic (exact) mass is 146 g/mol. The smallest absolute Gasteiger partial charge is 0.157 e. The summed E-state index contributed by atoms with van der Waals surface area (Å²) in [6, 6.07) is 0. The van der Waals surface area contributed by atoms with Crippen molar-refractivity contribution in [2.75, 3.05) is 7.11 Å². The number of aliphatic hydroxyl groups excluding tert-OH is 1. The lowest BCUT2D eigenvalue weighted by atomic mass is 9.82. The summed E-state index contributed by atoms with van der Waals surface area (Å²) in [5.41, 5.74) is 0.107. The van der Waals surface area contributed by atoms with E-state index in [1.165, 1.54) is 7.11 Å². The predicted octanol–water partition coefficient (Wildman–Crippen LogP) is 1.63. The highest BCUT2D eigenvalue weighted by atomic mass is 16.6. The van der Waals surface area contributed by atoms with Crippen molar-refractivity contribution in [3.63, 3.8) is 0 Å². The van der Waals surface area contributed by atoms with Gasteiger partial charge >= 0.3 is 0 Å². The summed E-state index contributed by atoms with van der Waals surface area (Å²) < 4.78 is 4.79. The molecule has 0 spiro atoms. The quantitative estimate of drug-likeness (QED) is 0.600. The van der Waals surface area contributed by atoms with Crippen molar-refractivity contribution < 1.29 is 9.84 Å². The summed E-state index contributed by atoms with van der Waals surface area (Å²) in [6.45, 7) is 8.23. The van der Waals surface area contributed by atoms with Crippen LogP contribution in [-0.4, -0.2) is 18.5 Å². The zero-order valence-corrected chi connectivity index (χ0v) is 7.51. The molecule has 0 saturated heterocycles. The van der Waals surface area contributed by atoms with Crippen LogP contribution < -0.4 is 0 Å². The highest BCUT2D eigenvalue weighted by Gasteiger charge is 2.26. The van der Waals surface area contributed by atoms with Crippen LogP contribution in [0, 0.1) is 11.3 Å². The SMILES string of the molecule is COC(O)C(C)C(C)(C)C. The summed E-state index contributed by atoms with van der Waals surface area (Å²) >= 11 is 0. The fraction of sp³-hybridized carbons (Fsp3) is 1.00. The van der Waals surface area contributed by atoms with Crippen molar-refractivity contribution in [2.24, 2.45) is 11.3 Å². The summed E-state index contributed by atoms with van der Waals surface area (Å²) in [5, 5.41) is 9.24. The van der Waals surface area contributed by atoms with Gasteiger partial charge in [0.25, 0.3) is 0 Å². The molecule has 0 aliphatic heterocycles. The third-order valence-corrected chi connectivity index (χ3v) is 2.04. The maximum atomic E-state index is 9.24. The Bertz CT molecular complexity index is 93.9. The summed E-state index contributed by atoms with van der Waals surface area (Å²) in [5.74, 6) is 0.164. The second kappa shape index (κ2) is 3.35. The molecule has 0 radical (unpaired) electrons. The molecule has 2 heteroatoms. The number of ether oxygens (including phenoxy) is 1. The lowest BCUT2D eigenvalue weighted by molar-refractivity contribution is -0.132. The highest BCUT2D eigenvalue weighted by Crippen LogP contribution is 2.28. The minimum atomic E-state index is -0.639. The molecule has 1 N–H and O–H groups in total. The molecule has 0 aliphatic carbocycles. The molecule has 0 bridgehead atoms. The van der Waals surface area contributed by atoms with Crippen LogP contribution in [0.1, 0.15) is 27.7 Å². The maximum Gasteiger partial charge on any atom is 0.157 e. The Balaban J connectivity index is 3.94. The van der Waals surface area contributed by atoms with Crippen LogP contribution in [0.3, 0.4) is 0 Å². The van der Waals surface area contributed by atoms with E-state index in [0.29, 0.717) is 0 Å². The summed E-state index contributed by atoms with van der Waals surface area (Å²) in [7, 11) is 1.52. The predicted molar refractivity (Wildman–Crippen MR) is 41.6 cm³/mol. The van der Waals surface area contributed by atoms with Crippen LogP contribution in [0.2, 0.25) is 0 Å². The molecule has 0 aliphatic rings. The molecule has 0 saturated carbocycles. The van der Waals surface area contributed by atoms with Gasteiger partial charge in [0.2, 0.25) is 0 Å². The first-order chi connectivity index (χ1) is 4.39. The van der Waals surface area contributed by atoms with Crippen molar-refractivity contribution in [3.8, 4) is 0 Å². The highest BCUT2D eigenvalue weighted by molar-refractivity contribution is 4.71. The fourth-order valence-corrected chi connectivity index (χ4v) is 0.632. The lowest BCUT2D eigenvalue weighted by Crippen LogP contribution is -2.30. The van der Waals surface area contributed by atoms with E-state index in [9.17, 15) is 5.11 Å². The number of hydrogen-bond donors (Lipinski definition) is 1. The minimum Gasteiger partial charge on any atom is -0.368 e. The molecular weight excluding hydrogens is 128 g/mol. The second-order valence-electron chi connectivity index (χ2n) is 3.78. The van der Waals surface area contributed by atoms with Crippen molar-refractivity contribution in [2.45, 2.75) is 34.0 Å². The third kappa shape index (κ3) is 2.67. The molecule has 0 heterocycles. The van der Waals surface area contributed by atoms with Gasteiger partial charge < -0.3 is 9.84 Å². The Kier molecular flexibility index (Phi) is 3.33. The van der Waals surface area contributed by atoms with Gasteiger partial charge in [-0.05, 0) is 5.41 Å². The van der Waals surface area contributed by atoms with Crippen molar-refractivity contribution in [1.29, 1.82) is 0 Å². The van der Waals surface area contributed by atoms with E-state index in [1.807, 2.05) is 6.92 Å². The number of aliphatic hydroxyl groups is 1. The van der Waals surface area contributed by atoms with Gasteiger partial charge in [-0.25, -0.2) is 0 Å². The van der Waals surface area contributed by atoms with Crippen LogP contribution in [-0.2, 0) is 4.74 Å². The zero-order valence-electron chi connectivity index (χ0n) is 7.51. The van der Waals surface area contributed by atoms with E-state index in [1.54, 1.807) is 0 Å². The van der Waals surface area contributed by atoms with E-state index >= 15 is 0 Å². The summed E-state index contributed by atoms with van der Waals surface area (Å²) in [6.07, 6.45) is -0.639. The molecule has 62 valence electrons. The second-order valence-corrected chi connectivity index (χ2v) is 3.78. The van der Waals surface area contributed by atoms with E-state index in [-0.39, 0.29) is 11.3 Å². The molecule has 0 amide bonds. The molecule has 0 aromatic rings. The van der Waals surface area contributed by atoms with Gasteiger partial charge in [0.1, 0.15) is 0 Å². The van der Waals surface area contributed by atoms with Gasteiger partial charge in [0.05, 0.1) is 0 Å². The first-order valence-corrected chi connectivity index (χ1v) is 3.60. The molecule has 2 nitrogen and oxygen atoms in total. The molecule has 2 unspecified atom stereocenters. The van der Waals surface area contributed by atoms with Gasteiger partial charge in [0, 0.05) is 13.0 Å². The topological polar surface area (TPSA) is 29.5 Å². The van der Waals surface area contributed by atoms with E-state index < -0.39 is 6.29 Å². The standard InChI is InChI=1S/C8H18O2/c1-6(7(9)10-5)8(2,3)4/h6-7,9H,1-5H3. The Labute approximate surface area is 63.2 Å². The van der Waals surface area contributed by atoms with Crippen LogP contribution in [0.4, 0.5) is 0 Å². The first kappa shape index (κ1) is 9.92. The Morgan fingerprint density at radius 3 is 1.80 bits per heavy atom. The Hall–Kier alpha value is -0.0800. The van der Waals surface area contributed by atoms with Crippen LogP contribution in [0.15, 0.2) is 0 Å². The molecule has 2 atom stereocenters. The third-order valence-electron chi connectivity index (χ3n) is 2.04. The molecule has 10 heavy (non-hydrogen) atoms. The van der Waals surface area contributed by atoms with Crippen molar-refractivity contribution in [1.82, 2.24) is 0 Å². The summed E-state index contributed by atoms with van der Waals surface area (Å²) in [4.78, 5) is 0. The molecule has 0 aromatic heterocycles. The van der Waals surface area contributed by atoms with Gasteiger partial charge in [-0.15, -0.1) is 0 Å². The molecular formula is C8H18O2. The Morgan fingerprint density at radius 1 is 1.30 bits per heavy atom. The largest absolute Gasteiger partial charge is 0.368 e. The van der Waals surface area contributed by atoms with Crippen LogP contribution in [0.5, 0.6) is 0 Å². The lowest BCUT2D eigenvalue weighted by Gasteiger charge is -2.30. The van der Waals surface area contributed by atoms with Crippen LogP contribution in [0.25, 0.3) is 0 Å². The van der Waals surface area contributed by atoms with E-state index in [2.05, 4.69) is 20.8 Å². The van der Waals surface area contributed by atoms with Gasteiger partial charge in [-0.1, -0.05) is 27.7 Å². The van der Waals surface area contributed by atoms with Gasteiger partial charge in [-0.2, -0.15) is 0 Å². The van der Waals surface area contributed by atoms with Gasteiger partial charge in [0.15, 0.2) is 6.29 Å². The van der Waals surface area contributed by atoms with Crippen molar-refractivity contribution >= 4 is 0 Å². The molecule has 0 rings (SSSR count). The molecule has 0 aromatic carbocycles. The van der Waals surface area contributed by atoms with Crippen molar-refractivity contribution in [3.05, 3.63) is 0 Å². The minimum absolute atomic E-state index is 0.107. The van der Waals surface area contributed by atoms with Crippen LogP contribution >= 0.6 is 0 Å². The number of methoxy groups -OCH3 is 1. The van der Waals surface area contributed by atoms with E-state index in [0.717, 1.165) is 0 Å².